The van der Waals surface area contributed by atoms with E-state index < -0.39 is 0 Å². The van der Waals surface area contributed by atoms with E-state index in [-0.39, 0.29) is 6.04 Å². The molecular weight excluding hydrogens is 260 g/mol. The first-order valence-corrected chi connectivity index (χ1v) is 6.59. The minimum atomic E-state index is 0.270. The van der Waals surface area contributed by atoms with Gasteiger partial charge in [-0.2, -0.15) is 0 Å². The molecular formula is C15H17ClN2O. The molecule has 2 aromatic rings. The zero-order chi connectivity index (χ0) is 13.8. The van der Waals surface area contributed by atoms with Gasteiger partial charge in [-0.15, -0.1) is 0 Å². The molecule has 1 unspecified atom stereocenters. The Morgan fingerprint density at radius 1 is 1.32 bits per heavy atom. The van der Waals surface area contributed by atoms with E-state index in [9.17, 15) is 5.11 Å². The van der Waals surface area contributed by atoms with Gasteiger partial charge in [0.25, 0.3) is 0 Å². The molecule has 1 heterocycles. The second kappa shape index (κ2) is 5.93. The summed E-state index contributed by atoms with van der Waals surface area (Å²) >= 11 is 5.90. The van der Waals surface area contributed by atoms with Crippen LogP contribution in [0.5, 0.6) is 5.75 Å². The number of phenols is 1. The number of phenolic OH excluding ortho intramolecular Hbond substituents is 1. The van der Waals surface area contributed by atoms with Crippen molar-refractivity contribution in [3.63, 3.8) is 0 Å². The number of aromatic nitrogens is 1. The minimum Gasteiger partial charge on any atom is -0.508 e. The first kappa shape index (κ1) is 13.7. The van der Waals surface area contributed by atoms with E-state index in [4.69, 9.17) is 11.6 Å². The molecule has 0 aliphatic rings. The first-order valence-electron chi connectivity index (χ1n) is 6.21. The average Bonchev–Trinajstić information content (AvgIpc) is 2.37. The number of aromatic hydroxyl groups is 1. The van der Waals surface area contributed by atoms with Gasteiger partial charge in [-0.05, 0) is 49.6 Å². The fourth-order valence-corrected chi connectivity index (χ4v) is 2.06. The largest absolute Gasteiger partial charge is 0.508 e. The van der Waals surface area contributed by atoms with E-state index in [0.717, 1.165) is 17.7 Å². The molecule has 0 saturated heterocycles. The average molecular weight is 277 g/mol. The summed E-state index contributed by atoms with van der Waals surface area (Å²) in [7, 11) is 0. The smallest absolute Gasteiger partial charge is 0.132 e. The van der Waals surface area contributed by atoms with E-state index in [1.807, 2.05) is 25.1 Å². The van der Waals surface area contributed by atoms with Gasteiger partial charge in [0.1, 0.15) is 10.9 Å². The third kappa shape index (κ3) is 3.86. The molecule has 3 nitrogen and oxygen atoms in total. The SMILES string of the molecule is Cc1cc(NC(C)Cc2ccc(O)cc2)cnc1Cl. The monoisotopic (exact) mass is 276 g/mol. The zero-order valence-electron chi connectivity index (χ0n) is 11.0. The number of nitrogens with one attached hydrogen (secondary N) is 1. The number of nitrogens with zero attached hydrogens (tertiary/aromatic N) is 1. The third-order valence-corrected chi connectivity index (χ3v) is 3.30. The van der Waals surface area contributed by atoms with Gasteiger partial charge in [-0.3, -0.25) is 0 Å². The molecule has 0 fully saturated rings. The van der Waals surface area contributed by atoms with Crippen molar-refractivity contribution in [2.45, 2.75) is 26.3 Å². The van der Waals surface area contributed by atoms with Crippen LogP contribution in [-0.2, 0) is 6.42 Å². The molecule has 0 aliphatic carbocycles. The lowest BCUT2D eigenvalue weighted by molar-refractivity contribution is 0.475. The van der Waals surface area contributed by atoms with Crippen molar-refractivity contribution in [2.24, 2.45) is 0 Å². The number of hydrogen-bond donors (Lipinski definition) is 2. The second-order valence-corrected chi connectivity index (χ2v) is 5.11. The molecule has 2 N–H and O–H groups in total. The summed E-state index contributed by atoms with van der Waals surface area (Å²) in [5, 5.41) is 13.2. The lowest BCUT2D eigenvalue weighted by Crippen LogP contribution is -2.18. The zero-order valence-corrected chi connectivity index (χ0v) is 11.8. The lowest BCUT2D eigenvalue weighted by Gasteiger charge is -2.15. The number of anilines is 1. The van der Waals surface area contributed by atoms with Crippen LogP contribution >= 0.6 is 11.6 Å². The van der Waals surface area contributed by atoms with Crippen molar-refractivity contribution in [3.8, 4) is 5.75 Å². The second-order valence-electron chi connectivity index (χ2n) is 4.75. The highest BCUT2D eigenvalue weighted by Gasteiger charge is 2.05. The lowest BCUT2D eigenvalue weighted by atomic mass is 10.1. The van der Waals surface area contributed by atoms with Crippen LogP contribution in [0.25, 0.3) is 0 Å². The Bertz CT molecular complexity index is 555. The van der Waals surface area contributed by atoms with Crippen LogP contribution in [0, 0.1) is 6.92 Å². The van der Waals surface area contributed by atoms with Crippen molar-refractivity contribution < 1.29 is 5.11 Å². The van der Waals surface area contributed by atoms with Crippen molar-refractivity contribution in [1.82, 2.24) is 4.98 Å². The maximum Gasteiger partial charge on any atom is 0.132 e. The molecule has 4 heteroatoms. The molecule has 1 aromatic carbocycles. The molecule has 0 saturated carbocycles. The quantitative estimate of drug-likeness (QED) is 0.835. The van der Waals surface area contributed by atoms with Crippen LogP contribution < -0.4 is 5.32 Å². The Morgan fingerprint density at radius 3 is 2.63 bits per heavy atom. The fourth-order valence-electron chi connectivity index (χ4n) is 1.96. The highest BCUT2D eigenvalue weighted by atomic mass is 35.5. The molecule has 0 aliphatic heterocycles. The minimum absolute atomic E-state index is 0.270. The van der Waals surface area contributed by atoms with Gasteiger partial charge in [0.05, 0.1) is 11.9 Å². The third-order valence-electron chi connectivity index (χ3n) is 2.91. The maximum atomic E-state index is 9.25. The van der Waals surface area contributed by atoms with Crippen LogP contribution in [0.4, 0.5) is 5.69 Å². The Hall–Kier alpha value is -1.74. The van der Waals surface area contributed by atoms with E-state index in [2.05, 4.69) is 17.2 Å². The molecule has 0 amide bonds. The molecule has 0 spiro atoms. The molecule has 2 rings (SSSR count). The van der Waals surface area contributed by atoms with Crippen molar-refractivity contribution >= 4 is 17.3 Å². The summed E-state index contributed by atoms with van der Waals surface area (Å²) in [6.07, 6.45) is 2.62. The van der Waals surface area contributed by atoms with Gasteiger partial charge in [0, 0.05) is 6.04 Å². The van der Waals surface area contributed by atoms with Gasteiger partial charge < -0.3 is 10.4 Å². The molecule has 0 radical (unpaired) electrons. The van der Waals surface area contributed by atoms with Gasteiger partial charge in [0.15, 0.2) is 0 Å². The number of benzene rings is 1. The number of halogens is 1. The number of pyridine rings is 1. The molecule has 19 heavy (non-hydrogen) atoms. The van der Waals surface area contributed by atoms with E-state index in [0.29, 0.717) is 10.9 Å². The summed E-state index contributed by atoms with van der Waals surface area (Å²) in [6, 6.07) is 9.53. The van der Waals surface area contributed by atoms with Crippen molar-refractivity contribution in [3.05, 3.63) is 52.8 Å². The topological polar surface area (TPSA) is 45.1 Å². The van der Waals surface area contributed by atoms with Crippen molar-refractivity contribution in [2.75, 3.05) is 5.32 Å². The van der Waals surface area contributed by atoms with Crippen LogP contribution in [0.1, 0.15) is 18.1 Å². The van der Waals surface area contributed by atoms with E-state index in [1.54, 1.807) is 18.3 Å². The summed E-state index contributed by atoms with van der Waals surface area (Å²) < 4.78 is 0. The molecule has 1 atom stereocenters. The maximum absolute atomic E-state index is 9.25. The summed E-state index contributed by atoms with van der Waals surface area (Å²) in [5.74, 6) is 0.293. The number of rotatable bonds is 4. The Labute approximate surface area is 118 Å². The fraction of sp³-hybridized carbons (Fsp3) is 0.267. The van der Waals surface area contributed by atoms with Gasteiger partial charge in [-0.1, -0.05) is 23.7 Å². The first-order chi connectivity index (χ1) is 9.04. The van der Waals surface area contributed by atoms with E-state index in [1.165, 1.54) is 5.56 Å². The molecule has 1 aromatic heterocycles. The van der Waals surface area contributed by atoms with Crippen LogP contribution in [0.15, 0.2) is 36.5 Å². The van der Waals surface area contributed by atoms with Gasteiger partial charge in [0.2, 0.25) is 0 Å². The summed E-state index contributed by atoms with van der Waals surface area (Å²) in [5.41, 5.74) is 3.10. The Morgan fingerprint density at radius 2 is 2.00 bits per heavy atom. The standard InChI is InChI=1S/C15H17ClN2O/c1-10-7-13(9-17-15(10)16)18-11(2)8-12-3-5-14(19)6-4-12/h3-7,9,11,18-19H,8H2,1-2H3. The Balaban J connectivity index is 1.98. The molecule has 0 bridgehead atoms. The van der Waals surface area contributed by atoms with E-state index >= 15 is 0 Å². The predicted octanol–water partition coefficient (Wildman–Crippen LogP) is 3.79. The van der Waals surface area contributed by atoms with Crippen LogP contribution in [-0.4, -0.2) is 16.1 Å². The van der Waals surface area contributed by atoms with Crippen LogP contribution in [0.3, 0.4) is 0 Å². The summed E-state index contributed by atoms with van der Waals surface area (Å²) in [6.45, 7) is 4.04. The highest BCUT2D eigenvalue weighted by molar-refractivity contribution is 6.30. The predicted molar refractivity (Wildman–Crippen MR) is 78.9 cm³/mol. The number of hydrogen-bond acceptors (Lipinski definition) is 3. The summed E-state index contributed by atoms with van der Waals surface area (Å²) in [4.78, 5) is 4.12. The van der Waals surface area contributed by atoms with Crippen molar-refractivity contribution in [1.29, 1.82) is 0 Å². The highest BCUT2D eigenvalue weighted by Crippen LogP contribution is 2.18. The molecule has 100 valence electrons. The Kier molecular flexibility index (Phi) is 4.27. The normalized spacial score (nSPS) is 12.2. The van der Waals surface area contributed by atoms with Gasteiger partial charge in [-0.25, -0.2) is 4.98 Å². The van der Waals surface area contributed by atoms with Crippen LogP contribution in [0.2, 0.25) is 5.15 Å². The number of aryl methyl sites for hydroxylation is 1. The van der Waals surface area contributed by atoms with Gasteiger partial charge >= 0.3 is 0 Å².